The first-order chi connectivity index (χ1) is 15.7. The van der Waals surface area contributed by atoms with Gasteiger partial charge in [-0.05, 0) is 61.4 Å². The highest BCUT2D eigenvalue weighted by molar-refractivity contribution is 7.18. The molecule has 0 saturated heterocycles. The summed E-state index contributed by atoms with van der Waals surface area (Å²) in [4.78, 5) is 34.6. The lowest BCUT2D eigenvalue weighted by molar-refractivity contribution is -0.121. The van der Waals surface area contributed by atoms with Crippen LogP contribution in [0.3, 0.4) is 0 Å². The number of nitrogens with zero attached hydrogens (tertiary/aromatic N) is 3. The number of nitrogens with one attached hydrogen (secondary N) is 2. The summed E-state index contributed by atoms with van der Waals surface area (Å²) in [6, 6.07) is 10.0. The molecule has 8 heteroatoms. The van der Waals surface area contributed by atoms with Crippen molar-refractivity contribution >= 4 is 27.5 Å². The van der Waals surface area contributed by atoms with E-state index < -0.39 is 0 Å². The number of aryl methyl sites for hydroxylation is 3. The molecule has 1 aromatic carbocycles. The van der Waals surface area contributed by atoms with Gasteiger partial charge >= 0.3 is 0 Å². The van der Waals surface area contributed by atoms with Crippen LogP contribution in [-0.2, 0) is 30.5 Å². The van der Waals surface area contributed by atoms with E-state index in [1.54, 1.807) is 17.5 Å². The van der Waals surface area contributed by atoms with Gasteiger partial charge in [0.05, 0.1) is 11.1 Å². The van der Waals surface area contributed by atoms with Crippen molar-refractivity contribution in [2.45, 2.75) is 44.9 Å². The lowest BCUT2D eigenvalue weighted by Gasteiger charge is -2.09. The van der Waals surface area contributed by atoms with Crippen LogP contribution in [0.4, 0.5) is 0 Å². The zero-order chi connectivity index (χ0) is 21.9. The Labute approximate surface area is 189 Å². The summed E-state index contributed by atoms with van der Waals surface area (Å²) in [6.45, 7) is 0.570. The number of rotatable bonds is 7. The van der Waals surface area contributed by atoms with Gasteiger partial charge < -0.3 is 10.3 Å². The number of thiophene rings is 1. The zero-order valence-electron chi connectivity index (χ0n) is 17.8. The Morgan fingerprint density at radius 2 is 2.00 bits per heavy atom. The Morgan fingerprint density at radius 3 is 2.81 bits per heavy atom. The highest BCUT2D eigenvalue weighted by Crippen LogP contribution is 2.33. The second-order valence-corrected chi connectivity index (χ2v) is 9.20. The van der Waals surface area contributed by atoms with Crippen molar-refractivity contribution < 1.29 is 4.79 Å². The van der Waals surface area contributed by atoms with Crippen LogP contribution in [0.25, 0.3) is 15.9 Å². The smallest absolute Gasteiger partial charge is 0.259 e. The van der Waals surface area contributed by atoms with E-state index in [0.717, 1.165) is 47.2 Å². The maximum Gasteiger partial charge on any atom is 0.259 e. The van der Waals surface area contributed by atoms with E-state index in [2.05, 4.69) is 20.4 Å². The molecule has 0 saturated carbocycles. The molecule has 3 aromatic heterocycles. The van der Waals surface area contributed by atoms with Gasteiger partial charge in [-0.15, -0.1) is 11.3 Å². The first kappa shape index (κ1) is 20.6. The van der Waals surface area contributed by atoms with Gasteiger partial charge in [-0.1, -0.05) is 12.1 Å². The molecule has 0 atom stereocenters. The molecule has 0 unspecified atom stereocenters. The van der Waals surface area contributed by atoms with Crippen molar-refractivity contribution in [2.75, 3.05) is 6.54 Å². The molecule has 7 nitrogen and oxygen atoms in total. The molecule has 164 valence electrons. The van der Waals surface area contributed by atoms with E-state index in [9.17, 15) is 9.59 Å². The Hall–Kier alpha value is -3.26. The van der Waals surface area contributed by atoms with Gasteiger partial charge in [-0.3, -0.25) is 9.59 Å². The maximum atomic E-state index is 12.6. The fourth-order valence-corrected chi connectivity index (χ4v) is 5.51. The van der Waals surface area contributed by atoms with Crippen LogP contribution in [-0.4, -0.2) is 32.2 Å². The minimum absolute atomic E-state index is 0.0358. The summed E-state index contributed by atoms with van der Waals surface area (Å²) in [6.07, 6.45) is 9.46. The number of hydrogen-bond donors (Lipinski definition) is 2. The molecule has 0 aliphatic heterocycles. The van der Waals surface area contributed by atoms with Crippen LogP contribution in [0.5, 0.6) is 0 Å². The Morgan fingerprint density at radius 1 is 1.16 bits per heavy atom. The van der Waals surface area contributed by atoms with Crippen molar-refractivity contribution in [3.63, 3.8) is 0 Å². The molecule has 2 N–H and O–H groups in total. The summed E-state index contributed by atoms with van der Waals surface area (Å²) in [5.74, 6) is 0.553. The predicted molar refractivity (Wildman–Crippen MR) is 125 cm³/mol. The van der Waals surface area contributed by atoms with Gasteiger partial charge in [-0.2, -0.15) is 5.10 Å². The second kappa shape index (κ2) is 9.08. The number of amides is 1. The molecular formula is C24H25N5O2S. The first-order valence-electron chi connectivity index (χ1n) is 11.1. The number of aromatic nitrogens is 4. The average Bonchev–Trinajstić information content (AvgIpc) is 3.46. The molecule has 1 aliphatic rings. The predicted octanol–water partition coefficient (Wildman–Crippen LogP) is 3.34. The van der Waals surface area contributed by atoms with E-state index in [4.69, 9.17) is 0 Å². The van der Waals surface area contributed by atoms with Crippen LogP contribution in [0.2, 0.25) is 0 Å². The molecule has 3 heterocycles. The zero-order valence-corrected chi connectivity index (χ0v) is 18.6. The summed E-state index contributed by atoms with van der Waals surface area (Å²) < 4.78 is 1.81. The van der Waals surface area contributed by atoms with Gasteiger partial charge in [0.25, 0.3) is 5.56 Å². The van der Waals surface area contributed by atoms with Gasteiger partial charge in [0.2, 0.25) is 5.91 Å². The number of H-pyrrole nitrogens is 1. The fraction of sp³-hybridized carbons (Fsp3) is 0.333. The van der Waals surface area contributed by atoms with Crippen LogP contribution in [0, 0.1) is 0 Å². The van der Waals surface area contributed by atoms with Gasteiger partial charge in [0.15, 0.2) is 0 Å². The van der Waals surface area contributed by atoms with Gasteiger partial charge in [0, 0.05) is 36.7 Å². The van der Waals surface area contributed by atoms with E-state index in [1.807, 2.05) is 41.2 Å². The number of carbonyl (C=O) groups excluding carboxylic acids is 1. The Balaban J connectivity index is 1.13. The van der Waals surface area contributed by atoms with Crippen molar-refractivity contribution in [3.8, 4) is 5.69 Å². The normalized spacial score (nSPS) is 13.2. The third-order valence-electron chi connectivity index (χ3n) is 5.90. The van der Waals surface area contributed by atoms with Crippen molar-refractivity contribution in [1.82, 2.24) is 25.1 Å². The third kappa shape index (κ3) is 4.36. The van der Waals surface area contributed by atoms with Gasteiger partial charge in [-0.25, -0.2) is 9.67 Å². The fourth-order valence-electron chi connectivity index (χ4n) is 4.23. The van der Waals surface area contributed by atoms with E-state index in [1.165, 1.54) is 16.9 Å². The number of fused-ring (bicyclic) bond motifs is 3. The van der Waals surface area contributed by atoms with Gasteiger partial charge in [0.1, 0.15) is 10.7 Å². The average molecular weight is 448 g/mol. The van der Waals surface area contributed by atoms with Crippen LogP contribution in [0.1, 0.15) is 41.1 Å². The lowest BCUT2D eigenvalue weighted by atomic mass is 9.97. The number of carbonyl (C=O) groups is 1. The molecule has 4 aromatic rings. The highest BCUT2D eigenvalue weighted by Gasteiger charge is 2.19. The maximum absolute atomic E-state index is 12.6. The molecule has 32 heavy (non-hydrogen) atoms. The molecule has 0 fully saturated rings. The Kier molecular flexibility index (Phi) is 5.85. The summed E-state index contributed by atoms with van der Waals surface area (Å²) in [5.41, 5.74) is 3.28. The van der Waals surface area contributed by atoms with Crippen molar-refractivity contribution in [2.24, 2.45) is 0 Å². The monoisotopic (exact) mass is 447 g/mol. The molecule has 0 spiro atoms. The molecule has 5 rings (SSSR count). The quantitative estimate of drug-likeness (QED) is 0.454. The molecule has 1 amide bonds. The lowest BCUT2D eigenvalue weighted by Crippen LogP contribution is -2.26. The van der Waals surface area contributed by atoms with E-state index in [-0.39, 0.29) is 11.5 Å². The Bertz CT molecular complexity index is 1290. The minimum atomic E-state index is -0.0663. The summed E-state index contributed by atoms with van der Waals surface area (Å²) >= 11 is 1.64. The highest BCUT2D eigenvalue weighted by atomic mass is 32.1. The topological polar surface area (TPSA) is 92.7 Å². The molecule has 0 radical (unpaired) electrons. The van der Waals surface area contributed by atoms with Crippen LogP contribution < -0.4 is 10.9 Å². The number of hydrogen-bond acceptors (Lipinski definition) is 5. The minimum Gasteiger partial charge on any atom is -0.356 e. The summed E-state index contributed by atoms with van der Waals surface area (Å²) in [7, 11) is 0. The van der Waals surface area contributed by atoms with E-state index >= 15 is 0 Å². The van der Waals surface area contributed by atoms with Crippen LogP contribution in [0.15, 0.2) is 47.5 Å². The molecule has 0 bridgehead atoms. The number of aromatic amines is 1. The number of benzene rings is 1. The SMILES string of the molecule is O=C(CCc1nc2sc3c(c2c(=O)[nH]1)CCCC3)NCCc1ccc(-n2cccn2)cc1. The molecular weight excluding hydrogens is 422 g/mol. The second-order valence-electron chi connectivity index (χ2n) is 8.12. The van der Waals surface area contributed by atoms with Crippen molar-refractivity contribution in [1.29, 1.82) is 0 Å². The largest absolute Gasteiger partial charge is 0.356 e. The summed E-state index contributed by atoms with van der Waals surface area (Å²) in [5, 5.41) is 7.94. The van der Waals surface area contributed by atoms with E-state index in [0.29, 0.717) is 25.2 Å². The van der Waals surface area contributed by atoms with Crippen molar-refractivity contribution in [3.05, 3.63) is 74.9 Å². The first-order valence-corrected chi connectivity index (χ1v) is 11.9. The third-order valence-corrected chi connectivity index (χ3v) is 7.09. The van der Waals surface area contributed by atoms with Crippen LogP contribution >= 0.6 is 11.3 Å². The standard InChI is InChI=1S/C24H25N5O2S/c30-21(25-14-12-16-6-8-17(9-7-16)29-15-3-13-26-29)11-10-20-27-23(31)22-18-4-1-2-5-19(18)32-24(22)28-20/h3,6-9,13,15H,1-2,4-5,10-12,14H2,(H,25,30)(H,27,28,31). The molecule has 1 aliphatic carbocycles.